The van der Waals surface area contributed by atoms with Crippen LogP contribution in [0.25, 0.3) is 12.2 Å². The van der Waals surface area contributed by atoms with Gasteiger partial charge in [-0.3, -0.25) is 4.79 Å². The lowest BCUT2D eigenvalue weighted by Gasteiger charge is -1.99. The first-order chi connectivity index (χ1) is 8.69. The molecule has 1 aromatic heterocycles. The molecule has 2 aromatic rings. The molecule has 1 aromatic carbocycles. The van der Waals surface area contributed by atoms with E-state index in [4.69, 9.17) is 4.74 Å². The summed E-state index contributed by atoms with van der Waals surface area (Å²) in [7, 11) is 3.27. The van der Waals surface area contributed by atoms with Crippen LogP contribution in [0.1, 0.15) is 11.3 Å². The topological polar surface area (TPSA) is 44.1 Å². The maximum Gasteiger partial charge on any atom is 0.266 e. The summed E-state index contributed by atoms with van der Waals surface area (Å²) < 4.78 is 6.40. The normalized spacial score (nSPS) is 10.8. The zero-order valence-corrected chi connectivity index (χ0v) is 10.3. The molecule has 1 heterocycles. The van der Waals surface area contributed by atoms with Crippen LogP contribution in [0.3, 0.4) is 0 Å². The summed E-state index contributed by atoms with van der Waals surface area (Å²) >= 11 is 0. The second kappa shape index (κ2) is 5.31. The molecular weight excluding hydrogens is 228 g/mol. The maximum absolute atomic E-state index is 11.2. The van der Waals surface area contributed by atoms with Crippen molar-refractivity contribution in [3.63, 3.8) is 0 Å². The van der Waals surface area contributed by atoms with E-state index < -0.39 is 0 Å². The number of hydrogen-bond donors (Lipinski definition) is 0. The monoisotopic (exact) mass is 242 g/mol. The van der Waals surface area contributed by atoms with Crippen molar-refractivity contribution >= 4 is 12.2 Å². The van der Waals surface area contributed by atoms with Crippen LogP contribution in [0, 0.1) is 0 Å². The van der Waals surface area contributed by atoms with Crippen LogP contribution in [0.15, 0.2) is 41.2 Å². The third kappa shape index (κ3) is 2.85. The summed E-state index contributed by atoms with van der Waals surface area (Å²) in [4.78, 5) is 11.2. The number of aromatic nitrogens is 2. The Bertz CT molecular complexity index is 612. The third-order valence-electron chi connectivity index (χ3n) is 2.54. The number of ether oxygens (including phenoxy) is 1. The van der Waals surface area contributed by atoms with Crippen LogP contribution in [-0.2, 0) is 7.05 Å². The van der Waals surface area contributed by atoms with E-state index in [1.54, 1.807) is 20.2 Å². The fourth-order valence-corrected chi connectivity index (χ4v) is 1.51. The highest BCUT2D eigenvalue weighted by molar-refractivity contribution is 5.67. The van der Waals surface area contributed by atoms with Crippen molar-refractivity contribution in [2.75, 3.05) is 7.11 Å². The first kappa shape index (κ1) is 12.1. The molecule has 0 radical (unpaired) electrons. The summed E-state index contributed by atoms with van der Waals surface area (Å²) in [6, 6.07) is 10.9. The van der Waals surface area contributed by atoms with Crippen molar-refractivity contribution in [3.05, 3.63) is 58.0 Å². The molecule has 18 heavy (non-hydrogen) atoms. The number of nitrogens with zero attached hydrogens (tertiary/aromatic N) is 2. The average molecular weight is 242 g/mol. The van der Waals surface area contributed by atoms with Crippen LogP contribution < -0.4 is 10.3 Å². The van der Waals surface area contributed by atoms with Gasteiger partial charge in [-0.05, 0) is 29.8 Å². The van der Waals surface area contributed by atoms with E-state index in [1.807, 2.05) is 36.4 Å². The molecule has 0 spiro atoms. The molecule has 0 saturated heterocycles. The summed E-state index contributed by atoms with van der Waals surface area (Å²) in [6.07, 6.45) is 3.80. The predicted molar refractivity (Wildman–Crippen MR) is 71.4 cm³/mol. The Morgan fingerprint density at radius 3 is 2.44 bits per heavy atom. The van der Waals surface area contributed by atoms with Crippen LogP contribution in [0.2, 0.25) is 0 Å². The van der Waals surface area contributed by atoms with Crippen molar-refractivity contribution in [3.8, 4) is 5.75 Å². The van der Waals surface area contributed by atoms with Gasteiger partial charge in [-0.25, -0.2) is 4.68 Å². The minimum atomic E-state index is -0.114. The lowest BCUT2D eigenvalue weighted by molar-refractivity contribution is 0.415. The lowest BCUT2D eigenvalue weighted by atomic mass is 10.2. The van der Waals surface area contributed by atoms with Crippen molar-refractivity contribution in [1.82, 2.24) is 9.78 Å². The molecule has 0 N–H and O–H groups in total. The van der Waals surface area contributed by atoms with E-state index in [-0.39, 0.29) is 5.56 Å². The van der Waals surface area contributed by atoms with E-state index >= 15 is 0 Å². The number of aryl methyl sites for hydroxylation is 1. The molecule has 0 bridgehead atoms. The van der Waals surface area contributed by atoms with Gasteiger partial charge < -0.3 is 4.74 Å². The molecule has 4 heteroatoms. The first-order valence-electron chi connectivity index (χ1n) is 5.55. The highest BCUT2D eigenvalue weighted by Crippen LogP contribution is 2.13. The Morgan fingerprint density at radius 1 is 1.11 bits per heavy atom. The van der Waals surface area contributed by atoms with Gasteiger partial charge in [0.2, 0.25) is 0 Å². The van der Waals surface area contributed by atoms with E-state index in [9.17, 15) is 4.79 Å². The number of benzene rings is 1. The Balaban J connectivity index is 2.18. The number of methoxy groups -OCH3 is 1. The zero-order chi connectivity index (χ0) is 13.0. The molecule has 0 atom stereocenters. The lowest BCUT2D eigenvalue weighted by Crippen LogP contribution is -2.18. The SMILES string of the molecule is COc1ccc(C=Cc2ccc(=O)n(C)n2)cc1. The highest BCUT2D eigenvalue weighted by atomic mass is 16.5. The summed E-state index contributed by atoms with van der Waals surface area (Å²) in [5.74, 6) is 0.826. The highest BCUT2D eigenvalue weighted by Gasteiger charge is 1.94. The molecule has 2 rings (SSSR count). The van der Waals surface area contributed by atoms with E-state index in [2.05, 4.69) is 5.10 Å². The van der Waals surface area contributed by atoms with Gasteiger partial charge in [0.1, 0.15) is 5.75 Å². The Hall–Kier alpha value is -2.36. The number of hydrogen-bond acceptors (Lipinski definition) is 3. The van der Waals surface area contributed by atoms with Gasteiger partial charge in [0.25, 0.3) is 5.56 Å². The van der Waals surface area contributed by atoms with E-state index in [0.29, 0.717) is 0 Å². The minimum absolute atomic E-state index is 0.114. The minimum Gasteiger partial charge on any atom is -0.497 e. The largest absolute Gasteiger partial charge is 0.497 e. The van der Waals surface area contributed by atoms with Crippen molar-refractivity contribution in [2.24, 2.45) is 7.05 Å². The van der Waals surface area contributed by atoms with Gasteiger partial charge >= 0.3 is 0 Å². The fourth-order valence-electron chi connectivity index (χ4n) is 1.51. The molecule has 0 fully saturated rings. The standard InChI is InChI=1S/C14H14N2O2/c1-16-14(17)10-7-12(15-16)6-3-11-4-8-13(18-2)9-5-11/h3-10H,1-2H3. The number of rotatable bonds is 3. The summed E-state index contributed by atoms with van der Waals surface area (Å²) in [6.45, 7) is 0. The predicted octanol–water partition coefficient (Wildman–Crippen LogP) is 1.96. The van der Waals surface area contributed by atoms with Crippen molar-refractivity contribution < 1.29 is 4.74 Å². The van der Waals surface area contributed by atoms with Crippen LogP contribution in [0.4, 0.5) is 0 Å². The molecule has 92 valence electrons. The van der Waals surface area contributed by atoms with E-state index in [1.165, 1.54) is 10.7 Å². The molecule has 0 amide bonds. The van der Waals surface area contributed by atoms with Crippen molar-refractivity contribution in [2.45, 2.75) is 0 Å². The van der Waals surface area contributed by atoms with Gasteiger partial charge in [-0.15, -0.1) is 0 Å². The fraction of sp³-hybridized carbons (Fsp3) is 0.143. The average Bonchev–Trinajstić information content (AvgIpc) is 2.41. The van der Waals surface area contributed by atoms with Gasteiger partial charge in [-0.1, -0.05) is 18.2 Å². The van der Waals surface area contributed by atoms with Gasteiger partial charge in [0.15, 0.2) is 0 Å². The molecule has 0 saturated carbocycles. The second-order valence-corrected chi connectivity index (χ2v) is 3.83. The molecule has 0 aliphatic carbocycles. The summed E-state index contributed by atoms with van der Waals surface area (Å²) in [5.41, 5.74) is 1.68. The zero-order valence-electron chi connectivity index (χ0n) is 10.3. The van der Waals surface area contributed by atoms with Crippen LogP contribution in [-0.4, -0.2) is 16.9 Å². The quantitative estimate of drug-likeness (QED) is 0.826. The Labute approximate surface area is 105 Å². The second-order valence-electron chi connectivity index (χ2n) is 3.83. The van der Waals surface area contributed by atoms with Gasteiger partial charge in [0.05, 0.1) is 12.8 Å². The van der Waals surface area contributed by atoms with Crippen LogP contribution >= 0.6 is 0 Å². The molecule has 0 aliphatic heterocycles. The third-order valence-corrected chi connectivity index (χ3v) is 2.54. The van der Waals surface area contributed by atoms with Crippen molar-refractivity contribution in [1.29, 1.82) is 0 Å². The summed E-state index contributed by atoms with van der Waals surface area (Å²) in [5, 5.41) is 4.11. The van der Waals surface area contributed by atoms with Crippen LogP contribution in [0.5, 0.6) is 5.75 Å². The first-order valence-corrected chi connectivity index (χ1v) is 5.55. The molecule has 0 aliphatic rings. The van der Waals surface area contributed by atoms with Gasteiger partial charge in [0, 0.05) is 13.1 Å². The molecular formula is C14H14N2O2. The van der Waals surface area contributed by atoms with E-state index in [0.717, 1.165) is 17.0 Å². The van der Waals surface area contributed by atoms with Gasteiger partial charge in [-0.2, -0.15) is 5.10 Å². The maximum atomic E-state index is 11.2. The Morgan fingerprint density at radius 2 is 1.83 bits per heavy atom. The Kier molecular flexibility index (Phi) is 3.57. The molecule has 4 nitrogen and oxygen atoms in total. The smallest absolute Gasteiger partial charge is 0.266 e. The molecule has 0 unspecified atom stereocenters.